The molecule has 0 saturated heterocycles. The summed E-state index contributed by atoms with van der Waals surface area (Å²) in [5, 5.41) is 3.77. The topological polar surface area (TPSA) is 34.1 Å². The standard InChI is InChI=1S/C12H8O2S3/c13-17(14)11(9-3-1-7-15-9)5-6-12(17)10-4-2-8-16-10/h1-8H. The summed E-state index contributed by atoms with van der Waals surface area (Å²) in [4.78, 5) is 2.42. The van der Waals surface area contributed by atoms with Crippen LogP contribution in [0.1, 0.15) is 9.75 Å². The van der Waals surface area contributed by atoms with Crippen LogP contribution < -0.4 is 0 Å². The van der Waals surface area contributed by atoms with Crippen molar-refractivity contribution < 1.29 is 8.42 Å². The lowest BCUT2D eigenvalue weighted by molar-refractivity contribution is 0.615. The van der Waals surface area contributed by atoms with Gasteiger partial charge in [-0.3, -0.25) is 0 Å². The van der Waals surface area contributed by atoms with E-state index >= 15 is 0 Å². The first-order valence-corrected chi connectivity index (χ1v) is 8.19. The van der Waals surface area contributed by atoms with Crippen LogP contribution in [-0.4, -0.2) is 8.42 Å². The van der Waals surface area contributed by atoms with Crippen molar-refractivity contribution in [3.63, 3.8) is 0 Å². The highest BCUT2D eigenvalue weighted by Crippen LogP contribution is 2.40. The van der Waals surface area contributed by atoms with Crippen molar-refractivity contribution in [2.75, 3.05) is 0 Å². The van der Waals surface area contributed by atoms with Crippen LogP contribution in [0.15, 0.2) is 47.2 Å². The van der Waals surface area contributed by atoms with Gasteiger partial charge in [-0.1, -0.05) is 12.1 Å². The van der Waals surface area contributed by atoms with Gasteiger partial charge in [0.05, 0.1) is 9.81 Å². The Morgan fingerprint density at radius 2 is 1.29 bits per heavy atom. The molecule has 3 rings (SSSR count). The van der Waals surface area contributed by atoms with E-state index in [1.54, 1.807) is 12.2 Å². The van der Waals surface area contributed by atoms with Crippen molar-refractivity contribution in [1.29, 1.82) is 0 Å². The number of allylic oxidation sites excluding steroid dienone is 2. The quantitative estimate of drug-likeness (QED) is 0.842. The van der Waals surface area contributed by atoms with E-state index < -0.39 is 9.84 Å². The Morgan fingerprint density at radius 1 is 0.824 bits per heavy atom. The van der Waals surface area contributed by atoms with Gasteiger partial charge >= 0.3 is 0 Å². The Hall–Kier alpha value is -1.17. The van der Waals surface area contributed by atoms with Crippen molar-refractivity contribution in [2.45, 2.75) is 0 Å². The third-order valence-corrected chi connectivity index (χ3v) is 6.43. The van der Waals surface area contributed by atoms with Gasteiger partial charge in [-0.15, -0.1) is 22.7 Å². The van der Waals surface area contributed by atoms with E-state index in [9.17, 15) is 8.42 Å². The number of hydrogen-bond donors (Lipinski definition) is 0. The van der Waals surface area contributed by atoms with E-state index in [0.29, 0.717) is 9.81 Å². The maximum Gasteiger partial charge on any atom is 0.209 e. The molecule has 0 atom stereocenters. The fraction of sp³-hybridized carbons (Fsp3) is 0. The van der Waals surface area contributed by atoms with Gasteiger partial charge in [0.1, 0.15) is 0 Å². The van der Waals surface area contributed by atoms with E-state index in [-0.39, 0.29) is 0 Å². The molecule has 2 aromatic heterocycles. The van der Waals surface area contributed by atoms with Gasteiger partial charge in [0.15, 0.2) is 0 Å². The molecule has 0 saturated carbocycles. The van der Waals surface area contributed by atoms with Gasteiger partial charge in [0, 0.05) is 9.75 Å². The first-order chi connectivity index (χ1) is 8.19. The molecule has 0 amide bonds. The molecule has 5 heteroatoms. The molecule has 0 bridgehead atoms. The average Bonchev–Trinajstić information content (AvgIpc) is 2.96. The predicted molar refractivity (Wildman–Crippen MR) is 73.5 cm³/mol. The van der Waals surface area contributed by atoms with Crippen LogP contribution in [0.4, 0.5) is 0 Å². The zero-order chi connectivity index (χ0) is 11.9. The SMILES string of the molecule is O=S1(=O)C(c2cccs2)=CC=C1c1cccs1. The van der Waals surface area contributed by atoms with E-state index in [1.165, 1.54) is 22.7 Å². The van der Waals surface area contributed by atoms with Gasteiger partial charge in [0.25, 0.3) is 0 Å². The minimum absolute atomic E-state index is 0.413. The zero-order valence-electron chi connectivity index (χ0n) is 8.66. The van der Waals surface area contributed by atoms with Gasteiger partial charge < -0.3 is 0 Å². The lowest BCUT2D eigenvalue weighted by Gasteiger charge is -2.03. The van der Waals surface area contributed by atoms with Crippen LogP contribution in [0.5, 0.6) is 0 Å². The van der Waals surface area contributed by atoms with E-state index in [2.05, 4.69) is 0 Å². The molecule has 0 N–H and O–H groups in total. The molecule has 1 aliphatic rings. The highest BCUT2D eigenvalue weighted by molar-refractivity contribution is 8.09. The van der Waals surface area contributed by atoms with Crippen LogP contribution in [0.3, 0.4) is 0 Å². The molecule has 0 fully saturated rings. The van der Waals surface area contributed by atoms with E-state index in [1.807, 2.05) is 35.0 Å². The first-order valence-electron chi connectivity index (χ1n) is 4.94. The third kappa shape index (κ3) is 1.71. The Labute approximate surface area is 107 Å². The van der Waals surface area contributed by atoms with Gasteiger partial charge in [0.2, 0.25) is 9.84 Å². The molecule has 1 aliphatic heterocycles. The van der Waals surface area contributed by atoms with Crippen LogP contribution in [-0.2, 0) is 9.84 Å². The Morgan fingerprint density at radius 3 is 1.65 bits per heavy atom. The first kappa shape index (κ1) is 11.0. The molecule has 86 valence electrons. The molecule has 0 aliphatic carbocycles. The maximum atomic E-state index is 12.4. The second-order valence-corrected chi connectivity index (χ2v) is 7.30. The smallest absolute Gasteiger partial charge is 0.209 e. The molecule has 0 unspecified atom stereocenters. The summed E-state index contributed by atoms with van der Waals surface area (Å²) in [6.45, 7) is 0. The number of rotatable bonds is 2. The number of hydrogen-bond acceptors (Lipinski definition) is 4. The molecule has 2 nitrogen and oxygen atoms in total. The van der Waals surface area contributed by atoms with E-state index in [4.69, 9.17) is 0 Å². The summed E-state index contributed by atoms with van der Waals surface area (Å²) in [6, 6.07) is 7.39. The lowest BCUT2D eigenvalue weighted by Crippen LogP contribution is -1.99. The summed E-state index contributed by atoms with van der Waals surface area (Å²) in [7, 11) is -3.33. The Kier molecular flexibility index (Phi) is 2.54. The molecular weight excluding hydrogens is 272 g/mol. The number of thiophene rings is 2. The molecular formula is C12H8O2S3. The average molecular weight is 280 g/mol. The zero-order valence-corrected chi connectivity index (χ0v) is 11.1. The number of sulfone groups is 1. The summed E-state index contributed by atoms with van der Waals surface area (Å²) >= 11 is 2.89. The van der Waals surface area contributed by atoms with Gasteiger partial charge in [-0.2, -0.15) is 0 Å². The van der Waals surface area contributed by atoms with Crippen molar-refractivity contribution in [3.8, 4) is 0 Å². The highest BCUT2D eigenvalue weighted by atomic mass is 32.2. The molecule has 3 heterocycles. The largest absolute Gasteiger partial charge is 0.218 e. The van der Waals surface area contributed by atoms with Crippen LogP contribution in [0.25, 0.3) is 9.81 Å². The molecule has 2 aromatic rings. The molecule has 17 heavy (non-hydrogen) atoms. The van der Waals surface area contributed by atoms with Crippen molar-refractivity contribution in [3.05, 3.63) is 56.9 Å². The van der Waals surface area contributed by atoms with E-state index in [0.717, 1.165) is 9.75 Å². The second kappa shape index (κ2) is 3.94. The highest BCUT2D eigenvalue weighted by Gasteiger charge is 2.30. The summed E-state index contributed by atoms with van der Waals surface area (Å²) in [6.07, 6.45) is 3.38. The second-order valence-electron chi connectivity index (χ2n) is 3.52. The lowest BCUT2D eigenvalue weighted by atomic mass is 10.3. The molecule has 0 aromatic carbocycles. The summed E-state index contributed by atoms with van der Waals surface area (Å²) in [5.74, 6) is 0. The summed E-state index contributed by atoms with van der Waals surface area (Å²) < 4.78 is 24.7. The fourth-order valence-electron chi connectivity index (χ4n) is 1.72. The minimum atomic E-state index is -3.33. The third-order valence-electron chi connectivity index (χ3n) is 2.49. The maximum absolute atomic E-state index is 12.4. The Bertz CT molecular complexity index is 631. The monoisotopic (exact) mass is 280 g/mol. The van der Waals surface area contributed by atoms with Crippen molar-refractivity contribution in [2.24, 2.45) is 0 Å². The Balaban J connectivity index is 2.07. The van der Waals surface area contributed by atoms with Crippen LogP contribution in [0, 0.1) is 0 Å². The molecule has 0 radical (unpaired) electrons. The normalized spacial score (nSPS) is 17.9. The van der Waals surface area contributed by atoms with Crippen LogP contribution in [0.2, 0.25) is 0 Å². The fourth-order valence-corrected chi connectivity index (χ4v) is 5.35. The van der Waals surface area contributed by atoms with Gasteiger partial charge in [-0.25, -0.2) is 8.42 Å². The van der Waals surface area contributed by atoms with Crippen LogP contribution >= 0.6 is 22.7 Å². The molecule has 0 spiro atoms. The minimum Gasteiger partial charge on any atom is -0.218 e. The van der Waals surface area contributed by atoms with Crippen molar-refractivity contribution >= 4 is 42.3 Å². The predicted octanol–water partition coefficient (Wildman–Crippen LogP) is 3.62. The summed E-state index contributed by atoms with van der Waals surface area (Å²) in [5.41, 5.74) is 0. The van der Waals surface area contributed by atoms with Crippen molar-refractivity contribution in [1.82, 2.24) is 0 Å². The van der Waals surface area contributed by atoms with Gasteiger partial charge in [-0.05, 0) is 35.0 Å².